The summed E-state index contributed by atoms with van der Waals surface area (Å²) in [4.78, 5) is 12.4. The van der Waals surface area contributed by atoms with Gasteiger partial charge in [-0.05, 0) is 66.3 Å². The maximum Gasteiger partial charge on any atom is 0.224 e. The summed E-state index contributed by atoms with van der Waals surface area (Å²) in [5.41, 5.74) is 4.22. The predicted octanol–water partition coefficient (Wildman–Crippen LogP) is 3.69. The van der Waals surface area contributed by atoms with E-state index in [1.165, 1.54) is 6.07 Å². The highest BCUT2D eigenvalue weighted by atomic mass is 35.5. The highest BCUT2D eigenvalue weighted by Crippen LogP contribution is 2.22. The molecule has 0 saturated heterocycles. The first-order valence-corrected chi connectivity index (χ1v) is 12.1. The van der Waals surface area contributed by atoms with Crippen LogP contribution in [0.2, 0.25) is 5.02 Å². The summed E-state index contributed by atoms with van der Waals surface area (Å²) in [6.07, 6.45) is 1.06. The fourth-order valence-electron chi connectivity index (χ4n) is 3.91. The number of aromatic hydroxyl groups is 1. The predicted molar refractivity (Wildman–Crippen MR) is 138 cm³/mol. The van der Waals surface area contributed by atoms with E-state index in [9.17, 15) is 20.1 Å². The molecule has 1 amide bonds. The highest BCUT2D eigenvalue weighted by Gasteiger charge is 2.13. The number of aliphatic hydroxyl groups is 2. The van der Waals surface area contributed by atoms with Crippen LogP contribution < -0.4 is 10.6 Å². The van der Waals surface area contributed by atoms with Crippen molar-refractivity contribution in [1.29, 1.82) is 0 Å². The van der Waals surface area contributed by atoms with E-state index in [2.05, 4.69) is 10.6 Å². The van der Waals surface area contributed by atoms with Gasteiger partial charge in [0.05, 0.1) is 19.1 Å². The minimum absolute atomic E-state index is 0.0124. The van der Waals surface area contributed by atoms with E-state index in [4.69, 9.17) is 11.6 Å². The average Bonchev–Trinajstić information content (AvgIpc) is 2.84. The molecule has 2 atom stereocenters. The normalized spacial score (nSPS) is 12.8. The molecule has 0 radical (unpaired) electrons. The minimum Gasteiger partial charge on any atom is -0.508 e. The standard InChI is InChI=1S/C28H33ClN2O4/c1-19(31-17-27(34)23-7-10-26(33)24(16-23)18-32)13-21-3-2-4-22(14-21)15-28(35)30-12-11-20-5-8-25(29)9-6-20/h2-10,14,16,19,27,31-34H,11-13,15,17-18H2,1H3,(H,30,35)/t19-,27+/m1/s1. The number of halogens is 1. The number of hydrogen-bond acceptors (Lipinski definition) is 5. The number of phenols is 1. The average molecular weight is 497 g/mol. The van der Waals surface area contributed by atoms with Crippen molar-refractivity contribution in [3.8, 4) is 5.75 Å². The van der Waals surface area contributed by atoms with Gasteiger partial charge in [0, 0.05) is 29.7 Å². The molecule has 3 aromatic rings. The Kier molecular flexibility index (Phi) is 10.1. The third kappa shape index (κ3) is 8.67. The van der Waals surface area contributed by atoms with Crippen LogP contribution in [0.3, 0.4) is 0 Å². The van der Waals surface area contributed by atoms with Gasteiger partial charge in [-0.2, -0.15) is 0 Å². The van der Waals surface area contributed by atoms with Gasteiger partial charge in [0.2, 0.25) is 5.91 Å². The van der Waals surface area contributed by atoms with Crippen LogP contribution in [0.4, 0.5) is 0 Å². The Morgan fingerprint density at radius 1 is 1.00 bits per heavy atom. The van der Waals surface area contributed by atoms with Gasteiger partial charge in [0.25, 0.3) is 0 Å². The number of benzene rings is 3. The summed E-state index contributed by atoms with van der Waals surface area (Å²) in [6.45, 7) is 2.67. The van der Waals surface area contributed by atoms with Crippen LogP contribution in [0.1, 0.15) is 40.8 Å². The number of nitrogens with one attached hydrogen (secondary N) is 2. The number of rotatable bonds is 12. The van der Waals surface area contributed by atoms with Crippen LogP contribution in [-0.2, 0) is 30.7 Å². The molecular weight excluding hydrogens is 464 g/mol. The van der Waals surface area contributed by atoms with Crippen LogP contribution in [0.25, 0.3) is 0 Å². The summed E-state index contributed by atoms with van der Waals surface area (Å²) < 4.78 is 0. The third-order valence-corrected chi connectivity index (χ3v) is 6.12. The first kappa shape index (κ1) is 26.7. The van der Waals surface area contributed by atoms with E-state index in [-0.39, 0.29) is 24.3 Å². The van der Waals surface area contributed by atoms with Crippen molar-refractivity contribution < 1.29 is 20.1 Å². The maximum atomic E-state index is 12.4. The van der Waals surface area contributed by atoms with E-state index in [1.807, 2.05) is 55.5 Å². The van der Waals surface area contributed by atoms with Crippen molar-refractivity contribution in [2.45, 2.75) is 44.9 Å². The van der Waals surface area contributed by atoms with Crippen molar-refractivity contribution in [3.63, 3.8) is 0 Å². The molecule has 0 spiro atoms. The second kappa shape index (κ2) is 13.3. The zero-order valence-corrected chi connectivity index (χ0v) is 20.6. The molecule has 35 heavy (non-hydrogen) atoms. The summed E-state index contributed by atoms with van der Waals surface area (Å²) in [6, 6.07) is 20.4. The molecule has 0 unspecified atom stereocenters. The van der Waals surface area contributed by atoms with Crippen molar-refractivity contribution in [3.05, 3.63) is 99.6 Å². The van der Waals surface area contributed by atoms with E-state index in [1.54, 1.807) is 12.1 Å². The lowest BCUT2D eigenvalue weighted by atomic mass is 10.0. The van der Waals surface area contributed by atoms with Crippen molar-refractivity contribution >= 4 is 17.5 Å². The number of hydrogen-bond donors (Lipinski definition) is 5. The molecule has 3 aromatic carbocycles. The molecule has 0 aliphatic carbocycles. The summed E-state index contributed by atoms with van der Waals surface area (Å²) in [5, 5.41) is 36.5. The van der Waals surface area contributed by atoms with Gasteiger partial charge >= 0.3 is 0 Å². The van der Waals surface area contributed by atoms with Crippen LogP contribution >= 0.6 is 11.6 Å². The zero-order valence-electron chi connectivity index (χ0n) is 19.9. The Bertz CT molecular complexity index is 1100. The van der Waals surface area contributed by atoms with Crippen LogP contribution in [0.5, 0.6) is 5.75 Å². The number of carbonyl (C=O) groups excluding carboxylic acids is 1. The molecule has 7 heteroatoms. The quantitative estimate of drug-likeness (QED) is 0.263. The highest BCUT2D eigenvalue weighted by molar-refractivity contribution is 6.30. The first-order valence-electron chi connectivity index (χ1n) is 11.8. The largest absolute Gasteiger partial charge is 0.508 e. The zero-order chi connectivity index (χ0) is 25.2. The molecule has 0 bridgehead atoms. The van der Waals surface area contributed by atoms with E-state index < -0.39 is 6.10 Å². The van der Waals surface area contributed by atoms with Gasteiger partial charge in [-0.1, -0.05) is 54.1 Å². The molecule has 6 nitrogen and oxygen atoms in total. The first-order chi connectivity index (χ1) is 16.8. The van der Waals surface area contributed by atoms with Crippen LogP contribution in [0.15, 0.2) is 66.7 Å². The lowest BCUT2D eigenvalue weighted by molar-refractivity contribution is -0.120. The Labute approximate surface area is 211 Å². The van der Waals surface area contributed by atoms with Gasteiger partial charge in [-0.3, -0.25) is 4.79 Å². The Hall–Kier alpha value is -2.90. The SMILES string of the molecule is C[C@H](Cc1cccc(CC(=O)NCCc2ccc(Cl)cc2)c1)NC[C@H](O)c1ccc(O)c(CO)c1. The van der Waals surface area contributed by atoms with Gasteiger partial charge in [-0.25, -0.2) is 0 Å². The van der Waals surface area contributed by atoms with Crippen LogP contribution in [0, 0.1) is 0 Å². The van der Waals surface area contributed by atoms with Gasteiger partial charge < -0.3 is 26.0 Å². The molecule has 0 heterocycles. The number of carbonyl (C=O) groups is 1. The molecule has 0 aliphatic rings. The second-order valence-electron chi connectivity index (χ2n) is 8.80. The van der Waals surface area contributed by atoms with Crippen LogP contribution in [-0.4, -0.2) is 40.4 Å². The topological polar surface area (TPSA) is 102 Å². The number of amides is 1. The molecule has 0 saturated carbocycles. The molecule has 0 fully saturated rings. The van der Waals surface area contributed by atoms with Crippen molar-refractivity contribution in [1.82, 2.24) is 10.6 Å². The van der Waals surface area contributed by atoms with Crippen molar-refractivity contribution in [2.75, 3.05) is 13.1 Å². The lowest BCUT2D eigenvalue weighted by Crippen LogP contribution is -2.32. The third-order valence-electron chi connectivity index (χ3n) is 5.87. The fourth-order valence-corrected chi connectivity index (χ4v) is 4.03. The summed E-state index contributed by atoms with van der Waals surface area (Å²) in [7, 11) is 0. The molecular formula is C28H33ClN2O4. The smallest absolute Gasteiger partial charge is 0.224 e. The number of aliphatic hydroxyl groups excluding tert-OH is 2. The Morgan fingerprint density at radius 2 is 1.74 bits per heavy atom. The fraction of sp³-hybridized carbons (Fsp3) is 0.321. The maximum absolute atomic E-state index is 12.4. The van der Waals surface area contributed by atoms with E-state index >= 15 is 0 Å². The van der Waals surface area contributed by atoms with Gasteiger partial charge in [-0.15, -0.1) is 0 Å². The van der Waals surface area contributed by atoms with Gasteiger partial charge in [0.15, 0.2) is 0 Å². The molecule has 186 valence electrons. The van der Waals surface area contributed by atoms with E-state index in [0.717, 1.165) is 29.5 Å². The summed E-state index contributed by atoms with van der Waals surface area (Å²) in [5.74, 6) is 0.00134. The Morgan fingerprint density at radius 3 is 2.49 bits per heavy atom. The molecule has 3 rings (SSSR count). The molecule has 5 N–H and O–H groups in total. The monoisotopic (exact) mass is 496 g/mol. The second-order valence-corrected chi connectivity index (χ2v) is 9.24. The van der Waals surface area contributed by atoms with Gasteiger partial charge in [0.1, 0.15) is 5.75 Å². The molecule has 0 aromatic heterocycles. The summed E-state index contributed by atoms with van der Waals surface area (Å²) >= 11 is 5.90. The minimum atomic E-state index is -0.758. The van der Waals surface area contributed by atoms with E-state index in [0.29, 0.717) is 35.7 Å². The van der Waals surface area contributed by atoms with Crippen molar-refractivity contribution in [2.24, 2.45) is 0 Å². The molecule has 0 aliphatic heterocycles. The Balaban J connectivity index is 1.44. The lowest BCUT2D eigenvalue weighted by Gasteiger charge is -2.18.